The van der Waals surface area contributed by atoms with E-state index < -0.39 is 78.5 Å². The molecule has 0 aliphatic carbocycles. The highest BCUT2D eigenvalue weighted by Crippen LogP contribution is 2.51. The lowest BCUT2D eigenvalue weighted by Crippen LogP contribution is -2.36. The van der Waals surface area contributed by atoms with Crippen LogP contribution in [0.15, 0.2) is 25.3 Å². The van der Waals surface area contributed by atoms with Gasteiger partial charge in [0.1, 0.15) is 48.6 Å². The van der Waals surface area contributed by atoms with E-state index in [9.17, 15) is 14.0 Å². The minimum atomic E-state index is -5.05. The molecule has 4 aromatic heterocycles. The molecular weight excluding hydrogens is 624 g/mol. The van der Waals surface area contributed by atoms with E-state index in [-0.39, 0.29) is 34.0 Å². The second-order valence-electron chi connectivity index (χ2n) is 9.61. The first kappa shape index (κ1) is 28.4. The van der Waals surface area contributed by atoms with Gasteiger partial charge in [0.25, 0.3) is 0 Å². The molecule has 3 aliphatic rings. The van der Waals surface area contributed by atoms with E-state index in [1.165, 1.54) is 21.8 Å². The van der Waals surface area contributed by atoms with Gasteiger partial charge in [-0.25, -0.2) is 43.2 Å². The van der Waals surface area contributed by atoms with E-state index in [2.05, 4.69) is 29.9 Å². The number of alkyl halides is 2. The average Bonchev–Trinajstić information content (AvgIpc) is 3.73. The normalized spacial score (nSPS) is 36.3. The Hall–Kier alpha value is -3.39. The molecule has 0 amide bonds. The van der Waals surface area contributed by atoms with Gasteiger partial charge in [-0.15, -0.1) is 9.05 Å². The third-order valence-electron chi connectivity index (χ3n) is 7.07. The summed E-state index contributed by atoms with van der Waals surface area (Å²) < 4.78 is 92.0. The van der Waals surface area contributed by atoms with Crippen molar-refractivity contribution in [1.29, 1.82) is 0 Å². The van der Waals surface area contributed by atoms with Crippen LogP contribution in [0.5, 0.6) is 0 Å². The van der Waals surface area contributed by atoms with Crippen molar-refractivity contribution in [1.82, 2.24) is 39.0 Å². The Kier molecular flexibility index (Phi) is 7.03. The molecule has 3 fully saturated rings. The van der Waals surface area contributed by atoms with Gasteiger partial charge in [0.2, 0.25) is 0 Å². The number of ether oxygens (including phenoxy) is 2. The van der Waals surface area contributed by atoms with Crippen molar-refractivity contribution in [3.05, 3.63) is 25.3 Å². The first-order chi connectivity index (χ1) is 20.6. The number of rotatable bonds is 2. The standard InChI is InChI=1S/C20H20F2N10O9P2/c21-9-13-8(39-19(9)31-5-29-11-15(23)25-3-27-17(11)31)2-37-43(34,35)41-14-7(1-36-42(33)40-13)38-20(10(14)22)32-6-30-12-16(24)26-4-28-18(12)32/h3-10,13-14,19-20H,1-2H2,(H4-,23,24,25,26,27,28,34,35)/p+1. The highest BCUT2D eigenvalue weighted by Gasteiger charge is 2.56. The van der Waals surface area contributed by atoms with E-state index in [1.54, 1.807) is 0 Å². The minimum absolute atomic E-state index is 0.0328. The number of halogens is 2. The highest BCUT2D eigenvalue weighted by atomic mass is 31.2. The quantitative estimate of drug-likeness (QED) is 0.256. The van der Waals surface area contributed by atoms with E-state index in [4.69, 9.17) is 39.0 Å². The van der Waals surface area contributed by atoms with Crippen molar-refractivity contribution in [2.75, 3.05) is 24.7 Å². The monoisotopic (exact) mass is 645 g/mol. The molecule has 19 nitrogen and oxygen atoms in total. The van der Waals surface area contributed by atoms with Crippen molar-refractivity contribution in [3.8, 4) is 0 Å². The van der Waals surface area contributed by atoms with Crippen molar-refractivity contribution in [2.45, 2.75) is 49.2 Å². The van der Waals surface area contributed by atoms with Crippen molar-refractivity contribution < 1.29 is 50.4 Å². The van der Waals surface area contributed by atoms with Crippen LogP contribution in [-0.2, 0) is 36.7 Å². The summed E-state index contributed by atoms with van der Waals surface area (Å²) in [4.78, 5) is 34.4. The number of phosphoric ester groups is 1. The second kappa shape index (κ2) is 10.7. The Bertz CT molecular complexity index is 1760. The molecule has 0 radical (unpaired) electrons. The van der Waals surface area contributed by atoms with Gasteiger partial charge in [-0.3, -0.25) is 18.2 Å². The number of fused-ring (bicyclic) bond motifs is 4. The van der Waals surface area contributed by atoms with Gasteiger partial charge < -0.3 is 25.8 Å². The molecule has 10 atom stereocenters. The van der Waals surface area contributed by atoms with Crippen LogP contribution in [0.4, 0.5) is 20.4 Å². The maximum atomic E-state index is 15.8. The molecule has 5 N–H and O–H groups in total. The Labute approximate surface area is 239 Å². The van der Waals surface area contributed by atoms with Gasteiger partial charge in [0.15, 0.2) is 53.8 Å². The fourth-order valence-corrected chi connectivity index (χ4v) is 6.82. The Balaban J connectivity index is 1.14. The molecule has 4 aromatic rings. The summed E-state index contributed by atoms with van der Waals surface area (Å²) >= 11 is 0. The molecule has 0 bridgehead atoms. The number of nitrogens with two attached hydrogens (primary N) is 2. The topological polar surface area (TPSA) is 249 Å². The van der Waals surface area contributed by atoms with Crippen molar-refractivity contribution in [3.63, 3.8) is 0 Å². The third kappa shape index (κ3) is 4.91. The number of hydrogen-bond donors (Lipinski definition) is 3. The summed E-state index contributed by atoms with van der Waals surface area (Å²) in [6.07, 6.45) is -8.57. The minimum Gasteiger partial charge on any atom is -0.382 e. The number of anilines is 2. The summed E-state index contributed by atoms with van der Waals surface area (Å²) in [5, 5.41) is 0. The summed E-state index contributed by atoms with van der Waals surface area (Å²) in [5.41, 5.74) is 12.2. The second-order valence-corrected chi connectivity index (χ2v) is 11.9. The van der Waals surface area contributed by atoms with Crippen LogP contribution in [0.3, 0.4) is 0 Å². The molecular formula is C20H21F2N10O9P2+. The van der Waals surface area contributed by atoms with Crippen LogP contribution in [-0.4, -0.2) is 93.9 Å². The lowest BCUT2D eigenvalue weighted by molar-refractivity contribution is -0.0600. The number of nitrogen functional groups attached to an aromatic ring is 2. The summed E-state index contributed by atoms with van der Waals surface area (Å²) in [6.45, 7) is -1.44. The van der Waals surface area contributed by atoms with E-state index in [0.717, 1.165) is 12.7 Å². The predicted molar refractivity (Wildman–Crippen MR) is 136 cm³/mol. The van der Waals surface area contributed by atoms with Crippen LogP contribution in [0.1, 0.15) is 12.5 Å². The summed E-state index contributed by atoms with van der Waals surface area (Å²) in [5.74, 6) is 0.0725. The smallest absolute Gasteiger partial charge is 0.382 e. The van der Waals surface area contributed by atoms with Crippen molar-refractivity contribution >= 4 is 50.0 Å². The fourth-order valence-electron chi connectivity index (χ4n) is 5.08. The van der Waals surface area contributed by atoms with Gasteiger partial charge >= 0.3 is 16.1 Å². The molecule has 0 spiro atoms. The first-order valence-corrected chi connectivity index (χ1v) is 15.1. The van der Waals surface area contributed by atoms with E-state index in [1.807, 2.05) is 0 Å². The van der Waals surface area contributed by atoms with Gasteiger partial charge in [-0.2, -0.15) is 0 Å². The number of phosphoric acid groups is 1. The van der Waals surface area contributed by atoms with Gasteiger partial charge in [-0.1, -0.05) is 0 Å². The van der Waals surface area contributed by atoms with Crippen LogP contribution in [0, 0.1) is 0 Å². The predicted octanol–water partition coefficient (Wildman–Crippen LogP) is 0.877. The molecule has 228 valence electrons. The maximum Gasteiger partial charge on any atom is 0.697 e. The molecule has 0 saturated carbocycles. The average molecular weight is 645 g/mol. The summed E-state index contributed by atoms with van der Waals surface area (Å²) in [6, 6.07) is 0. The number of nitrogens with zero attached hydrogens (tertiary/aromatic N) is 8. The molecule has 43 heavy (non-hydrogen) atoms. The zero-order chi connectivity index (χ0) is 30.0. The fraction of sp³-hybridized carbons (Fsp3) is 0.500. The Morgan fingerprint density at radius 1 is 0.860 bits per heavy atom. The SMILES string of the molecule is Nc1ncnc2c1ncn2C1OC2COP(=O)(O)OC3C(CO[P+](=O)OC2C1F)OC(n1cnc2c(N)ncnc21)C3F. The van der Waals surface area contributed by atoms with Gasteiger partial charge in [0.05, 0.1) is 19.3 Å². The molecule has 0 aromatic carbocycles. The highest BCUT2D eigenvalue weighted by molar-refractivity contribution is 7.47. The van der Waals surface area contributed by atoms with Gasteiger partial charge in [0, 0.05) is 4.57 Å². The maximum absolute atomic E-state index is 15.8. The molecule has 7 rings (SSSR count). The molecule has 3 saturated heterocycles. The van der Waals surface area contributed by atoms with E-state index >= 15 is 8.78 Å². The summed E-state index contributed by atoms with van der Waals surface area (Å²) in [7, 11) is -8.10. The zero-order valence-electron chi connectivity index (χ0n) is 21.4. The van der Waals surface area contributed by atoms with Gasteiger partial charge in [-0.05, 0) is 0 Å². The van der Waals surface area contributed by atoms with Crippen LogP contribution >= 0.6 is 16.1 Å². The van der Waals surface area contributed by atoms with Crippen LogP contribution in [0.2, 0.25) is 0 Å². The zero-order valence-corrected chi connectivity index (χ0v) is 23.2. The largest absolute Gasteiger partial charge is 0.697 e. The molecule has 23 heteroatoms. The molecule has 7 heterocycles. The first-order valence-electron chi connectivity index (χ1n) is 12.5. The number of aromatic nitrogens is 8. The Morgan fingerprint density at radius 2 is 1.40 bits per heavy atom. The third-order valence-corrected chi connectivity index (χ3v) is 8.83. The number of hydrogen-bond acceptors (Lipinski definition) is 16. The molecule has 3 aliphatic heterocycles. The number of imidazole rings is 2. The molecule has 10 unspecified atom stereocenters. The Morgan fingerprint density at radius 3 is 1.98 bits per heavy atom. The van der Waals surface area contributed by atoms with E-state index in [0.29, 0.717) is 0 Å². The lowest BCUT2D eigenvalue weighted by Gasteiger charge is -2.23. The van der Waals surface area contributed by atoms with Crippen molar-refractivity contribution in [2.24, 2.45) is 0 Å². The van der Waals surface area contributed by atoms with Crippen LogP contribution in [0.25, 0.3) is 22.3 Å². The van der Waals surface area contributed by atoms with Crippen LogP contribution < -0.4 is 11.5 Å². The lowest BCUT2D eigenvalue weighted by atomic mass is 10.1.